The van der Waals surface area contributed by atoms with Gasteiger partial charge in [-0.15, -0.1) is 0 Å². The Hall–Kier alpha value is -1.35. The molecule has 0 bridgehead atoms. The molecule has 0 saturated heterocycles. The standard InChI is InChI=1S/C15H22N2O/c1-2-14(13-8-9-13)16-11-15(18)17-10-12-6-4-3-5-7-12/h3-7,13-14,16H,2,8-11H2,1H3,(H,17,18). The summed E-state index contributed by atoms with van der Waals surface area (Å²) in [6.07, 6.45) is 3.74. The fourth-order valence-electron chi connectivity index (χ4n) is 2.23. The Kier molecular flexibility index (Phi) is 4.76. The highest BCUT2D eigenvalue weighted by atomic mass is 16.1. The molecule has 3 nitrogen and oxygen atoms in total. The molecule has 1 unspecified atom stereocenters. The second-order valence-corrected chi connectivity index (χ2v) is 5.00. The van der Waals surface area contributed by atoms with Gasteiger partial charge in [0, 0.05) is 12.6 Å². The number of carbonyl (C=O) groups is 1. The summed E-state index contributed by atoms with van der Waals surface area (Å²) in [5, 5.41) is 6.29. The van der Waals surface area contributed by atoms with Gasteiger partial charge in [-0.1, -0.05) is 37.3 Å². The van der Waals surface area contributed by atoms with E-state index in [4.69, 9.17) is 0 Å². The van der Waals surface area contributed by atoms with Crippen molar-refractivity contribution in [2.45, 2.75) is 38.8 Å². The molecule has 1 fully saturated rings. The molecule has 1 aliphatic rings. The number of carbonyl (C=O) groups excluding carboxylic acids is 1. The normalized spacial score (nSPS) is 16.3. The molecule has 18 heavy (non-hydrogen) atoms. The monoisotopic (exact) mass is 246 g/mol. The molecule has 0 aliphatic heterocycles. The first-order chi connectivity index (χ1) is 8.79. The first-order valence-corrected chi connectivity index (χ1v) is 6.83. The molecule has 2 rings (SSSR count). The lowest BCUT2D eigenvalue weighted by Crippen LogP contribution is -2.39. The molecule has 1 aliphatic carbocycles. The van der Waals surface area contributed by atoms with Gasteiger partial charge >= 0.3 is 0 Å². The van der Waals surface area contributed by atoms with Gasteiger partial charge in [-0.2, -0.15) is 0 Å². The van der Waals surface area contributed by atoms with E-state index in [1.807, 2.05) is 30.3 Å². The average molecular weight is 246 g/mol. The zero-order valence-electron chi connectivity index (χ0n) is 11.0. The second kappa shape index (κ2) is 6.55. The Labute approximate surface area is 109 Å². The summed E-state index contributed by atoms with van der Waals surface area (Å²) >= 11 is 0. The van der Waals surface area contributed by atoms with E-state index in [1.54, 1.807) is 0 Å². The zero-order valence-corrected chi connectivity index (χ0v) is 11.0. The van der Waals surface area contributed by atoms with Crippen LogP contribution < -0.4 is 10.6 Å². The van der Waals surface area contributed by atoms with Gasteiger partial charge in [-0.05, 0) is 30.7 Å². The van der Waals surface area contributed by atoms with Crippen LogP contribution >= 0.6 is 0 Å². The topological polar surface area (TPSA) is 41.1 Å². The number of benzene rings is 1. The highest BCUT2D eigenvalue weighted by molar-refractivity contribution is 5.78. The summed E-state index contributed by atoms with van der Waals surface area (Å²) in [7, 11) is 0. The van der Waals surface area contributed by atoms with Crippen LogP contribution in [0.1, 0.15) is 31.7 Å². The highest BCUT2D eigenvalue weighted by Crippen LogP contribution is 2.33. The van der Waals surface area contributed by atoms with Crippen LogP contribution in [0.25, 0.3) is 0 Å². The molecule has 3 heteroatoms. The van der Waals surface area contributed by atoms with E-state index in [1.165, 1.54) is 12.8 Å². The molecule has 1 amide bonds. The minimum atomic E-state index is 0.0814. The van der Waals surface area contributed by atoms with Crippen LogP contribution in [-0.2, 0) is 11.3 Å². The Morgan fingerprint density at radius 1 is 1.33 bits per heavy atom. The quantitative estimate of drug-likeness (QED) is 0.773. The number of amides is 1. The Bertz CT molecular complexity index is 373. The SMILES string of the molecule is CCC(NCC(=O)NCc1ccccc1)C1CC1. The van der Waals surface area contributed by atoms with E-state index in [9.17, 15) is 4.79 Å². The number of rotatable bonds is 7. The predicted molar refractivity (Wildman–Crippen MR) is 73.1 cm³/mol. The first-order valence-electron chi connectivity index (χ1n) is 6.83. The average Bonchev–Trinajstić information content (AvgIpc) is 3.23. The molecule has 1 aromatic rings. The van der Waals surface area contributed by atoms with Crippen molar-refractivity contribution in [1.29, 1.82) is 0 Å². The van der Waals surface area contributed by atoms with Gasteiger partial charge in [0.1, 0.15) is 0 Å². The molecule has 0 radical (unpaired) electrons. The van der Waals surface area contributed by atoms with Gasteiger partial charge in [0.05, 0.1) is 6.54 Å². The lowest BCUT2D eigenvalue weighted by atomic mass is 10.1. The summed E-state index contributed by atoms with van der Waals surface area (Å²) in [6.45, 7) is 3.22. The van der Waals surface area contributed by atoms with Crippen LogP contribution in [0.4, 0.5) is 0 Å². The third kappa shape index (κ3) is 4.15. The van der Waals surface area contributed by atoms with Gasteiger partial charge in [0.2, 0.25) is 5.91 Å². The Morgan fingerprint density at radius 3 is 2.67 bits per heavy atom. The molecule has 2 N–H and O–H groups in total. The van der Waals surface area contributed by atoms with Crippen molar-refractivity contribution in [3.63, 3.8) is 0 Å². The van der Waals surface area contributed by atoms with Gasteiger partial charge in [0.15, 0.2) is 0 Å². The van der Waals surface area contributed by atoms with Gasteiger partial charge in [0.25, 0.3) is 0 Å². The smallest absolute Gasteiger partial charge is 0.234 e. The van der Waals surface area contributed by atoms with Gasteiger partial charge < -0.3 is 10.6 Å². The van der Waals surface area contributed by atoms with Crippen molar-refractivity contribution < 1.29 is 4.79 Å². The van der Waals surface area contributed by atoms with Crippen LogP contribution in [0.2, 0.25) is 0 Å². The maximum absolute atomic E-state index is 11.7. The van der Waals surface area contributed by atoms with Crippen molar-refractivity contribution in [3.8, 4) is 0 Å². The van der Waals surface area contributed by atoms with E-state index < -0.39 is 0 Å². The van der Waals surface area contributed by atoms with Crippen LogP contribution in [0.5, 0.6) is 0 Å². The molecule has 1 atom stereocenters. The maximum atomic E-state index is 11.7. The second-order valence-electron chi connectivity index (χ2n) is 5.00. The Balaban J connectivity index is 1.65. The van der Waals surface area contributed by atoms with E-state index in [2.05, 4.69) is 17.6 Å². The van der Waals surface area contributed by atoms with Crippen molar-refractivity contribution in [2.75, 3.05) is 6.54 Å². The molecule has 1 saturated carbocycles. The molecule has 0 aromatic heterocycles. The largest absolute Gasteiger partial charge is 0.351 e. The van der Waals surface area contributed by atoms with Crippen LogP contribution in [0, 0.1) is 5.92 Å². The molecular formula is C15H22N2O. The van der Waals surface area contributed by atoms with Gasteiger partial charge in [-0.25, -0.2) is 0 Å². The van der Waals surface area contributed by atoms with E-state index in [-0.39, 0.29) is 5.91 Å². The molecule has 0 spiro atoms. The molecule has 0 heterocycles. The van der Waals surface area contributed by atoms with Crippen molar-refractivity contribution in [3.05, 3.63) is 35.9 Å². The third-order valence-corrected chi connectivity index (χ3v) is 3.49. The first kappa shape index (κ1) is 13.1. The van der Waals surface area contributed by atoms with Crippen molar-refractivity contribution in [2.24, 2.45) is 5.92 Å². The van der Waals surface area contributed by atoms with E-state index in [0.29, 0.717) is 19.1 Å². The predicted octanol–water partition coefficient (Wildman–Crippen LogP) is 2.08. The maximum Gasteiger partial charge on any atom is 0.234 e. The Morgan fingerprint density at radius 2 is 2.06 bits per heavy atom. The summed E-state index contributed by atoms with van der Waals surface area (Å²) in [5.41, 5.74) is 1.14. The minimum absolute atomic E-state index is 0.0814. The molecule has 98 valence electrons. The van der Waals surface area contributed by atoms with E-state index in [0.717, 1.165) is 17.9 Å². The number of hydrogen-bond donors (Lipinski definition) is 2. The molecular weight excluding hydrogens is 224 g/mol. The summed E-state index contributed by atoms with van der Waals surface area (Å²) < 4.78 is 0. The fourth-order valence-corrected chi connectivity index (χ4v) is 2.23. The van der Waals surface area contributed by atoms with Crippen LogP contribution in [0.15, 0.2) is 30.3 Å². The lowest BCUT2D eigenvalue weighted by molar-refractivity contribution is -0.120. The van der Waals surface area contributed by atoms with Gasteiger partial charge in [-0.3, -0.25) is 4.79 Å². The lowest BCUT2D eigenvalue weighted by Gasteiger charge is -2.15. The summed E-state index contributed by atoms with van der Waals surface area (Å²) in [6, 6.07) is 10.5. The highest BCUT2D eigenvalue weighted by Gasteiger charge is 2.29. The summed E-state index contributed by atoms with van der Waals surface area (Å²) in [5.74, 6) is 0.884. The third-order valence-electron chi connectivity index (χ3n) is 3.49. The summed E-state index contributed by atoms with van der Waals surface area (Å²) in [4.78, 5) is 11.7. The fraction of sp³-hybridized carbons (Fsp3) is 0.533. The van der Waals surface area contributed by atoms with Crippen molar-refractivity contribution in [1.82, 2.24) is 10.6 Å². The zero-order chi connectivity index (χ0) is 12.8. The minimum Gasteiger partial charge on any atom is -0.351 e. The number of nitrogens with one attached hydrogen (secondary N) is 2. The van der Waals surface area contributed by atoms with Crippen molar-refractivity contribution >= 4 is 5.91 Å². The van der Waals surface area contributed by atoms with E-state index >= 15 is 0 Å². The van der Waals surface area contributed by atoms with Crippen LogP contribution in [0.3, 0.4) is 0 Å². The molecule has 1 aromatic carbocycles. The number of hydrogen-bond acceptors (Lipinski definition) is 2. The van der Waals surface area contributed by atoms with Crippen LogP contribution in [-0.4, -0.2) is 18.5 Å².